The van der Waals surface area contributed by atoms with Gasteiger partial charge in [-0.15, -0.1) is 36.2 Å². The average Bonchev–Trinajstić information content (AvgIpc) is 3.03. The topological polar surface area (TPSA) is 72.9 Å². The van der Waals surface area contributed by atoms with Gasteiger partial charge in [-0.3, -0.25) is 9.36 Å². The van der Waals surface area contributed by atoms with E-state index in [-0.39, 0.29) is 36.6 Å². The van der Waals surface area contributed by atoms with Crippen LogP contribution in [0.15, 0.2) is 17.6 Å². The SMILES string of the molecule is Cc1cc(C(=O)NCC(C)CN)c(C)n1-c1nccs1.Cl.Cl. The van der Waals surface area contributed by atoms with Gasteiger partial charge in [0.2, 0.25) is 0 Å². The Bertz CT molecular complexity index is 598. The number of nitrogens with zero attached hydrogens (tertiary/aromatic N) is 2. The standard InChI is InChI=1S/C14H20N4OS.2ClH/c1-9(7-15)8-17-13(19)12-6-10(2)18(11(12)3)14-16-4-5-20-14;;/h4-6,9H,7-8,15H2,1-3H3,(H,17,19);2*1H. The number of thiazole rings is 1. The lowest BCUT2D eigenvalue weighted by atomic mass is 10.1. The molecule has 0 aliphatic heterocycles. The molecule has 1 amide bonds. The summed E-state index contributed by atoms with van der Waals surface area (Å²) in [5.74, 6) is 0.225. The Kier molecular flexibility index (Phi) is 8.70. The van der Waals surface area contributed by atoms with E-state index in [9.17, 15) is 4.79 Å². The molecule has 0 aliphatic carbocycles. The molecule has 2 heterocycles. The van der Waals surface area contributed by atoms with Crippen LogP contribution in [0.1, 0.15) is 28.7 Å². The molecule has 2 aromatic heterocycles. The van der Waals surface area contributed by atoms with Crippen molar-refractivity contribution in [1.29, 1.82) is 0 Å². The molecular weight excluding hydrogens is 343 g/mol. The van der Waals surface area contributed by atoms with Gasteiger partial charge in [0.25, 0.3) is 5.91 Å². The van der Waals surface area contributed by atoms with E-state index >= 15 is 0 Å². The summed E-state index contributed by atoms with van der Waals surface area (Å²) >= 11 is 1.55. The van der Waals surface area contributed by atoms with Gasteiger partial charge in [0.05, 0.1) is 5.56 Å². The Balaban J connectivity index is 0.00000220. The normalized spacial score (nSPS) is 11.3. The lowest BCUT2D eigenvalue weighted by Crippen LogP contribution is -2.31. The minimum Gasteiger partial charge on any atom is -0.352 e. The van der Waals surface area contributed by atoms with E-state index in [1.54, 1.807) is 17.5 Å². The molecule has 22 heavy (non-hydrogen) atoms. The molecule has 0 spiro atoms. The quantitative estimate of drug-likeness (QED) is 0.856. The first-order valence-corrected chi connectivity index (χ1v) is 7.49. The lowest BCUT2D eigenvalue weighted by molar-refractivity contribution is 0.0948. The highest BCUT2D eigenvalue weighted by Crippen LogP contribution is 2.22. The number of carbonyl (C=O) groups excluding carboxylic acids is 1. The molecule has 5 nitrogen and oxygen atoms in total. The number of hydrogen-bond donors (Lipinski definition) is 2. The highest BCUT2D eigenvalue weighted by atomic mass is 35.5. The van der Waals surface area contributed by atoms with Gasteiger partial charge in [-0.05, 0) is 32.4 Å². The highest BCUT2D eigenvalue weighted by molar-refractivity contribution is 7.12. The summed E-state index contributed by atoms with van der Waals surface area (Å²) in [6, 6.07) is 1.90. The van der Waals surface area contributed by atoms with Crippen LogP contribution in [0.25, 0.3) is 5.13 Å². The predicted octanol–water partition coefficient (Wildman–Crippen LogP) is 2.72. The number of rotatable bonds is 5. The van der Waals surface area contributed by atoms with Gasteiger partial charge < -0.3 is 11.1 Å². The summed E-state index contributed by atoms with van der Waals surface area (Å²) in [5.41, 5.74) is 8.17. The third-order valence-corrected chi connectivity index (χ3v) is 4.06. The summed E-state index contributed by atoms with van der Waals surface area (Å²) < 4.78 is 2.01. The van der Waals surface area contributed by atoms with Crippen LogP contribution in [0.3, 0.4) is 0 Å². The van der Waals surface area contributed by atoms with E-state index in [2.05, 4.69) is 10.3 Å². The highest BCUT2D eigenvalue weighted by Gasteiger charge is 2.17. The van der Waals surface area contributed by atoms with Gasteiger partial charge in [0.1, 0.15) is 0 Å². The fourth-order valence-electron chi connectivity index (χ4n) is 2.06. The number of aromatic nitrogens is 2. The van der Waals surface area contributed by atoms with Crippen molar-refractivity contribution < 1.29 is 4.79 Å². The first kappa shape index (κ1) is 20.9. The van der Waals surface area contributed by atoms with Gasteiger partial charge in [-0.2, -0.15) is 0 Å². The summed E-state index contributed by atoms with van der Waals surface area (Å²) in [5, 5.41) is 5.74. The molecule has 0 aromatic carbocycles. The molecule has 3 N–H and O–H groups in total. The van der Waals surface area contributed by atoms with Gasteiger partial charge in [-0.25, -0.2) is 4.98 Å². The van der Waals surface area contributed by atoms with E-state index in [1.807, 2.05) is 36.8 Å². The van der Waals surface area contributed by atoms with E-state index < -0.39 is 0 Å². The Morgan fingerprint density at radius 1 is 1.45 bits per heavy atom. The molecule has 0 aliphatic rings. The van der Waals surface area contributed by atoms with Crippen molar-refractivity contribution in [2.45, 2.75) is 20.8 Å². The molecular formula is C14H22Cl2N4OS. The van der Waals surface area contributed by atoms with Crippen LogP contribution in [0, 0.1) is 19.8 Å². The van der Waals surface area contributed by atoms with Crippen LogP contribution in [-0.2, 0) is 0 Å². The van der Waals surface area contributed by atoms with Crippen molar-refractivity contribution in [1.82, 2.24) is 14.9 Å². The first-order chi connectivity index (χ1) is 9.54. The van der Waals surface area contributed by atoms with Crippen molar-refractivity contribution in [2.24, 2.45) is 11.7 Å². The van der Waals surface area contributed by atoms with Crippen LogP contribution in [0.4, 0.5) is 0 Å². The maximum Gasteiger partial charge on any atom is 0.253 e. The number of aryl methyl sites for hydroxylation is 1. The third kappa shape index (κ3) is 4.46. The molecule has 0 bridgehead atoms. The Morgan fingerprint density at radius 2 is 2.14 bits per heavy atom. The van der Waals surface area contributed by atoms with Crippen molar-refractivity contribution in [3.8, 4) is 5.13 Å². The fourth-order valence-corrected chi connectivity index (χ4v) is 2.81. The van der Waals surface area contributed by atoms with Crippen LogP contribution in [0.2, 0.25) is 0 Å². The zero-order valence-corrected chi connectivity index (χ0v) is 15.3. The Hall–Kier alpha value is -1.08. The molecule has 124 valence electrons. The van der Waals surface area contributed by atoms with E-state index in [1.165, 1.54) is 0 Å². The molecule has 2 aromatic rings. The Labute approximate surface area is 147 Å². The van der Waals surface area contributed by atoms with Crippen molar-refractivity contribution in [3.05, 3.63) is 34.6 Å². The van der Waals surface area contributed by atoms with Crippen LogP contribution in [-0.4, -0.2) is 28.5 Å². The second kappa shape index (κ2) is 9.15. The number of hydrogen-bond acceptors (Lipinski definition) is 4. The monoisotopic (exact) mass is 364 g/mol. The maximum atomic E-state index is 12.2. The van der Waals surface area contributed by atoms with Crippen LogP contribution >= 0.6 is 36.2 Å². The average molecular weight is 365 g/mol. The van der Waals surface area contributed by atoms with Gasteiger partial charge in [0, 0.05) is 29.5 Å². The van der Waals surface area contributed by atoms with Crippen LogP contribution in [0.5, 0.6) is 0 Å². The zero-order valence-electron chi connectivity index (χ0n) is 12.8. The number of nitrogens with two attached hydrogens (primary N) is 1. The minimum absolute atomic E-state index is 0. The largest absolute Gasteiger partial charge is 0.352 e. The third-order valence-electron chi connectivity index (χ3n) is 3.30. The van der Waals surface area contributed by atoms with Crippen LogP contribution < -0.4 is 11.1 Å². The second-order valence-corrected chi connectivity index (χ2v) is 5.86. The van der Waals surface area contributed by atoms with Gasteiger partial charge >= 0.3 is 0 Å². The summed E-state index contributed by atoms with van der Waals surface area (Å²) in [7, 11) is 0. The summed E-state index contributed by atoms with van der Waals surface area (Å²) in [6.45, 7) is 7.09. The minimum atomic E-state index is -0.0544. The van der Waals surface area contributed by atoms with E-state index in [0.717, 1.165) is 16.5 Å². The number of carbonyl (C=O) groups is 1. The molecule has 8 heteroatoms. The molecule has 2 rings (SSSR count). The number of halogens is 2. The molecule has 0 saturated carbocycles. The van der Waals surface area contributed by atoms with Gasteiger partial charge in [0.15, 0.2) is 5.13 Å². The summed E-state index contributed by atoms with van der Waals surface area (Å²) in [4.78, 5) is 16.5. The van der Waals surface area contributed by atoms with Gasteiger partial charge in [-0.1, -0.05) is 6.92 Å². The number of amides is 1. The Morgan fingerprint density at radius 3 is 2.68 bits per heavy atom. The maximum absolute atomic E-state index is 12.2. The fraction of sp³-hybridized carbons (Fsp3) is 0.429. The van der Waals surface area contributed by atoms with Crippen molar-refractivity contribution in [2.75, 3.05) is 13.1 Å². The smallest absolute Gasteiger partial charge is 0.253 e. The zero-order chi connectivity index (χ0) is 14.7. The summed E-state index contributed by atoms with van der Waals surface area (Å²) in [6.07, 6.45) is 1.77. The number of nitrogens with one attached hydrogen (secondary N) is 1. The molecule has 1 unspecified atom stereocenters. The molecule has 1 atom stereocenters. The molecule has 0 radical (unpaired) electrons. The van der Waals surface area contributed by atoms with E-state index in [4.69, 9.17) is 5.73 Å². The first-order valence-electron chi connectivity index (χ1n) is 6.61. The van der Waals surface area contributed by atoms with Crippen molar-refractivity contribution in [3.63, 3.8) is 0 Å². The van der Waals surface area contributed by atoms with E-state index in [0.29, 0.717) is 18.7 Å². The van der Waals surface area contributed by atoms with Crippen molar-refractivity contribution >= 4 is 42.1 Å². The second-order valence-electron chi connectivity index (χ2n) is 4.99. The molecule has 0 fully saturated rings. The predicted molar refractivity (Wildman–Crippen MR) is 96.0 cm³/mol. The lowest BCUT2D eigenvalue weighted by Gasteiger charge is -2.10. The molecule has 0 saturated heterocycles.